The molecule has 0 bridgehead atoms. The molecule has 252 valence electrons. The number of pyridine rings is 2. The summed E-state index contributed by atoms with van der Waals surface area (Å²) < 4.78 is 10.2. The summed E-state index contributed by atoms with van der Waals surface area (Å²) >= 11 is 0. The number of carbonyl (C=O) groups excluding carboxylic acids is 2. The fourth-order valence-electron chi connectivity index (χ4n) is 5.12. The van der Waals surface area contributed by atoms with Gasteiger partial charge in [0.15, 0.2) is 0 Å². The number of hydrogen-bond donors (Lipinski definition) is 4. The number of H-pyrrole nitrogens is 2. The summed E-state index contributed by atoms with van der Waals surface area (Å²) in [7, 11) is 0. The van der Waals surface area contributed by atoms with Crippen LogP contribution in [0.15, 0.2) is 101 Å². The molecule has 0 aliphatic carbocycles. The Hall–Kier alpha value is -6.16. The van der Waals surface area contributed by atoms with Crippen LogP contribution in [0.2, 0.25) is 0 Å². The van der Waals surface area contributed by atoms with Gasteiger partial charge in [-0.1, -0.05) is 51.3 Å². The summed E-state index contributed by atoms with van der Waals surface area (Å²) in [5, 5.41) is 21.9. The summed E-state index contributed by atoms with van der Waals surface area (Å²) in [5.74, 6) is -1.29. The SMILES string of the molecule is C=C(C)C(=O)OCc1cc(O)c2c(=O)c3cccc(C)c3[nH]c2c1.C=C(C)C(=O)OCc1cc(O)c2c(=O)c3ccccc3[nH]c2c1.CC. The van der Waals surface area contributed by atoms with Crippen LogP contribution >= 0.6 is 0 Å². The van der Waals surface area contributed by atoms with Crippen molar-refractivity contribution in [3.05, 3.63) is 128 Å². The van der Waals surface area contributed by atoms with E-state index in [4.69, 9.17) is 9.47 Å². The maximum Gasteiger partial charge on any atom is 0.333 e. The van der Waals surface area contributed by atoms with Gasteiger partial charge in [-0.15, -0.1) is 0 Å². The summed E-state index contributed by atoms with van der Waals surface area (Å²) in [4.78, 5) is 54.4. The molecule has 2 heterocycles. The van der Waals surface area contributed by atoms with E-state index < -0.39 is 11.9 Å². The number of rotatable bonds is 6. The summed E-state index contributed by atoms with van der Waals surface area (Å²) in [6.45, 7) is 16.0. The van der Waals surface area contributed by atoms with Crippen molar-refractivity contribution >= 4 is 55.6 Å². The average Bonchev–Trinajstić information content (AvgIpc) is 3.07. The number of hydrogen-bond acceptors (Lipinski definition) is 8. The number of carbonyl (C=O) groups is 2. The van der Waals surface area contributed by atoms with E-state index in [-0.39, 0.29) is 46.3 Å². The summed E-state index contributed by atoms with van der Waals surface area (Å²) in [6, 6.07) is 18.8. The number of nitrogens with one attached hydrogen (secondary N) is 2. The Kier molecular flexibility index (Phi) is 11.0. The van der Waals surface area contributed by atoms with Crippen molar-refractivity contribution < 1.29 is 29.3 Å². The summed E-state index contributed by atoms with van der Waals surface area (Å²) in [5.41, 5.74) is 4.63. The minimum atomic E-state index is -0.503. The first-order chi connectivity index (χ1) is 23.3. The lowest BCUT2D eigenvalue weighted by Gasteiger charge is -2.10. The van der Waals surface area contributed by atoms with Gasteiger partial charge in [0.2, 0.25) is 10.9 Å². The van der Waals surface area contributed by atoms with E-state index in [1.165, 1.54) is 12.1 Å². The lowest BCUT2D eigenvalue weighted by molar-refractivity contribution is -0.141. The fraction of sp³-hybridized carbons (Fsp3) is 0.179. The van der Waals surface area contributed by atoms with Gasteiger partial charge >= 0.3 is 11.9 Å². The Morgan fingerprint density at radius 2 is 1.14 bits per heavy atom. The predicted molar refractivity (Wildman–Crippen MR) is 193 cm³/mol. The van der Waals surface area contributed by atoms with E-state index in [9.17, 15) is 29.4 Å². The van der Waals surface area contributed by atoms with Crippen molar-refractivity contribution in [3.8, 4) is 11.5 Å². The maximum atomic E-state index is 12.7. The van der Waals surface area contributed by atoms with Crippen molar-refractivity contribution in [1.29, 1.82) is 0 Å². The molecule has 0 unspecified atom stereocenters. The number of para-hydroxylation sites is 2. The van der Waals surface area contributed by atoms with Crippen molar-refractivity contribution in [2.45, 2.75) is 47.8 Å². The molecule has 0 saturated carbocycles. The molecule has 0 saturated heterocycles. The van der Waals surface area contributed by atoms with E-state index >= 15 is 0 Å². The van der Waals surface area contributed by atoms with Gasteiger partial charge in [-0.05, 0) is 79.9 Å². The van der Waals surface area contributed by atoms with E-state index in [0.29, 0.717) is 49.6 Å². The molecule has 2 aromatic heterocycles. The van der Waals surface area contributed by atoms with E-state index in [2.05, 4.69) is 23.1 Å². The van der Waals surface area contributed by atoms with Gasteiger partial charge in [-0.3, -0.25) is 9.59 Å². The molecule has 6 rings (SSSR count). The highest BCUT2D eigenvalue weighted by atomic mass is 16.5. The molecule has 4 aromatic carbocycles. The zero-order chi connectivity index (χ0) is 36.0. The number of aromatic nitrogens is 2. The van der Waals surface area contributed by atoms with Crippen LogP contribution in [0.1, 0.15) is 44.4 Å². The second kappa shape index (κ2) is 15.2. The van der Waals surface area contributed by atoms with Crippen molar-refractivity contribution in [3.63, 3.8) is 0 Å². The van der Waals surface area contributed by atoms with Gasteiger partial charge in [0, 0.05) is 27.4 Å². The molecule has 0 aliphatic heterocycles. The topological polar surface area (TPSA) is 159 Å². The van der Waals surface area contributed by atoms with Crippen LogP contribution in [-0.2, 0) is 32.3 Å². The molecule has 4 N–H and O–H groups in total. The molecule has 0 atom stereocenters. The Labute approximate surface area is 281 Å². The number of aromatic hydroxyl groups is 2. The molecular weight excluding hydrogens is 624 g/mol. The Balaban J connectivity index is 0.000000210. The third kappa shape index (κ3) is 7.70. The van der Waals surface area contributed by atoms with Crippen LogP contribution < -0.4 is 10.9 Å². The van der Waals surface area contributed by atoms with Gasteiger partial charge in [-0.2, -0.15) is 0 Å². The van der Waals surface area contributed by atoms with Crippen LogP contribution in [-0.4, -0.2) is 32.1 Å². The van der Waals surface area contributed by atoms with Crippen LogP contribution in [0.25, 0.3) is 43.6 Å². The number of aromatic amines is 2. The Morgan fingerprint density at radius 1 is 0.673 bits per heavy atom. The highest BCUT2D eigenvalue weighted by Crippen LogP contribution is 2.27. The van der Waals surface area contributed by atoms with Crippen LogP contribution in [0.4, 0.5) is 0 Å². The third-order valence-electron chi connectivity index (χ3n) is 7.46. The maximum absolute atomic E-state index is 12.7. The van der Waals surface area contributed by atoms with Crippen LogP contribution in [0.5, 0.6) is 11.5 Å². The molecule has 0 spiro atoms. The predicted octanol–water partition coefficient (Wildman–Crippen LogP) is 7.35. The molecule has 49 heavy (non-hydrogen) atoms. The summed E-state index contributed by atoms with van der Waals surface area (Å²) in [6.07, 6.45) is 0. The number of ether oxygens (including phenoxy) is 2. The second-order valence-electron chi connectivity index (χ2n) is 11.2. The number of benzene rings is 4. The lowest BCUT2D eigenvalue weighted by atomic mass is 10.0. The minimum absolute atomic E-state index is 0.00987. The normalized spacial score (nSPS) is 10.6. The fourth-order valence-corrected chi connectivity index (χ4v) is 5.12. The average molecular weight is 663 g/mol. The first-order valence-corrected chi connectivity index (χ1v) is 15.5. The molecular formula is C39H38N2O8. The van der Waals surface area contributed by atoms with Crippen molar-refractivity contribution in [1.82, 2.24) is 9.97 Å². The van der Waals surface area contributed by atoms with Crippen LogP contribution in [0.3, 0.4) is 0 Å². The van der Waals surface area contributed by atoms with Gasteiger partial charge in [0.05, 0.1) is 27.3 Å². The molecule has 0 fully saturated rings. The number of fused-ring (bicyclic) bond motifs is 4. The number of phenols is 2. The smallest absolute Gasteiger partial charge is 0.333 e. The standard InChI is InChI=1S/C19H17NO4.C18H15NO4.C2H6/c1-10(2)19(23)24-9-12-7-14-16(15(21)8-12)18(22)13-6-4-5-11(3)17(13)20-14;1-10(2)18(22)23-9-11-7-14-16(15(20)8-11)17(21)12-5-3-4-6-13(12)19-14;1-2/h4-8,21H,1,9H2,2-3H3,(H,20,22);3-8,20H,1,9H2,2H3,(H,19,21);1-2H3. The minimum Gasteiger partial charge on any atom is -0.507 e. The highest BCUT2D eigenvalue weighted by Gasteiger charge is 2.14. The largest absolute Gasteiger partial charge is 0.507 e. The quantitative estimate of drug-likeness (QED) is 0.0819. The Bertz CT molecular complexity index is 2380. The van der Waals surface area contributed by atoms with Crippen molar-refractivity contribution in [2.75, 3.05) is 0 Å². The van der Waals surface area contributed by atoms with Crippen molar-refractivity contribution in [2.24, 2.45) is 0 Å². The molecule has 0 aliphatic rings. The lowest BCUT2D eigenvalue weighted by Crippen LogP contribution is -2.07. The zero-order valence-corrected chi connectivity index (χ0v) is 28.0. The Morgan fingerprint density at radius 3 is 1.67 bits per heavy atom. The molecule has 10 heteroatoms. The number of phenolic OH excluding ortho intramolecular Hbond substituents is 2. The number of esters is 2. The molecule has 10 nitrogen and oxygen atoms in total. The highest BCUT2D eigenvalue weighted by molar-refractivity contribution is 5.97. The van der Waals surface area contributed by atoms with Gasteiger partial charge in [0.1, 0.15) is 24.7 Å². The monoisotopic (exact) mass is 662 g/mol. The van der Waals surface area contributed by atoms with E-state index in [1.54, 1.807) is 56.3 Å². The van der Waals surface area contributed by atoms with E-state index in [0.717, 1.165) is 11.1 Å². The number of aryl methyl sites for hydroxylation is 1. The zero-order valence-electron chi connectivity index (χ0n) is 28.0. The van der Waals surface area contributed by atoms with Crippen LogP contribution in [0, 0.1) is 6.92 Å². The van der Waals surface area contributed by atoms with Gasteiger partial charge < -0.3 is 29.7 Å². The molecule has 6 aromatic rings. The second-order valence-corrected chi connectivity index (χ2v) is 11.2. The van der Waals surface area contributed by atoms with E-state index in [1.807, 2.05) is 32.9 Å². The third-order valence-corrected chi connectivity index (χ3v) is 7.46. The van der Waals surface area contributed by atoms with Gasteiger partial charge in [0.25, 0.3) is 0 Å². The molecule has 0 radical (unpaired) electrons. The first-order valence-electron chi connectivity index (χ1n) is 15.5. The van der Waals surface area contributed by atoms with Gasteiger partial charge in [-0.25, -0.2) is 9.59 Å². The molecule has 0 amide bonds. The first kappa shape index (κ1) is 35.7.